The van der Waals surface area contributed by atoms with Crippen LogP contribution in [0.1, 0.15) is 6.92 Å². The average Bonchev–Trinajstić information content (AvgIpc) is 2.80. The number of hydrogen-bond acceptors (Lipinski definition) is 15. The van der Waals surface area contributed by atoms with E-state index in [0.717, 1.165) is 0 Å². The Bertz CT molecular complexity index is 707. The van der Waals surface area contributed by atoms with Crippen molar-refractivity contribution in [1.82, 2.24) is 0 Å². The van der Waals surface area contributed by atoms with Gasteiger partial charge in [0.15, 0.2) is 12.6 Å². The lowest BCUT2D eigenvalue weighted by Gasteiger charge is -2.47. The zero-order valence-corrected chi connectivity index (χ0v) is 17.8. The molecule has 16 nitrogen and oxygen atoms in total. The van der Waals surface area contributed by atoms with Crippen LogP contribution in [0.3, 0.4) is 0 Å². The largest absolute Gasteiger partial charge is 0.477 e. The molecule has 3 saturated heterocycles. The standard InChI is InChI=1S/C18H30O16/c1-4-7(20)9(22)11(24)15(31-4)34-13-5(2-19)32-16(12(25)10(13)23)33-6-3-30-18(29,17(27)28)14(26)8(6)21/h4-16,19-26,29H,2-3H2,1H3,(H,27,28)/t4-,5+,6+,7+,8-,9+,10+,11-,12+,13+,14-,15-,16-,18-/m0/s1. The molecule has 14 atom stereocenters. The first-order valence-corrected chi connectivity index (χ1v) is 10.4. The van der Waals surface area contributed by atoms with Crippen molar-refractivity contribution in [1.29, 1.82) is 0 Å². The summed E-state index contributed by atoms with van der Waals surface area (Å²) in [6.45, 7) is -0.167. The van der Waals surface area contributed by atoms with Gasteiger partial charge in [0.05, 0.1) is 19.3 Å². The van der Waals surface area contributed by atoms with Crippen LogP contribution in [0.5, 0.6) is 0 Å². The van der Waals surface area contributed by atoms with E-state index in [1.165, 1.54) is 6.92 Å². The molecule has 0 aromatic heterocycles. The van der Waals surface area contributed by atoms with Gasteiger partial charge >= 0.3 is 5.97 Å². The highest BCUT2D eigenvalue weighted by Crippen LogP contribution is 2.32. The topological polar surface area (TPSA) is 266 Å². The first-order valence-electron chi connectivity index (χ1n) is 10.4. The third kappa shape index (κ3) is 4.93. The Hall–Kier alpha value is -1.09. The van der Waals surface area contributed by atoms with E-state index in [0.29, 0.717) is 0 Å². The molecule has 0 aromatic carbocycles. The van der Waals surface area contributed by atoms with E-state index < -0.39 is 105 Å². The van der Waals surface area contributed by atoms with Crippen molar-refractivity contribution < 1.29 is 79.5 Å². The zero-order chi connectivity index (χ0) is 25.5. The number of aliphatic carboxylic acids is 1. The highest BCUT2D eigenvalue weighted by atomic mass is 16.8. The summed E-state index contributed by atoms with van der Waals surface area (Å²) < 4.78 is 26.1. The van der Waals surface area contributed by atoms with Crippen molar-refractivity contribution in [2.24, 2.45) is 0 Å². The highest BCUT2D eigenvalue weighted by molar-refractivity contribution is 5.76. The van der Waals surface area contributed by atoms with E-state index >= 15 is 0 Å². The van der Waals surface area contributed by atoms with Crippen molar-refractivity contribution in [2.75, 3.05) is 13.2 Å². The number of carbonyl (C=O) groups is 1. The lowest BCUT2D eigenvalue weighted by molar-refractivity contribution is -0.375. The molecule has 34 heavy (non-hydrogen) atoms. The summed E-state index contributed by atoms with van der Waals surface area (Å²) in [6, 6.07) is 0. The number of carboxylic acids is 1. The van der Waals surface area contributed by atoms with Crippen LogP contribution in [0.25, 0.3) is 0 Å². The molecule has 3 fully saturated rings. The minimum atomic E-state index is -3.10. The number of ether oxygens (including phenoxy) is 5. The maximum absolute atomic E-state index is 11.1. The predicted molar refractivity (Wildman–Crippen MR) is 100 cm³/mol. The molecule has 0 aliphatic carbocycles. The Labute approximate surface area is 192 Å². The summed E-state index contributed by atoms with van der Waals surface area (Å²) in [6.07, 6.45) is -21.6. The molecule has 3 aliphatic heterocycles. The van der Waals surface area contributed by atoms with Gasteiger partial charge < -0.3 is 74.7 Å². The second-order valence-corrected chi connectivity index (χ2v) is 8.41. The van der Waals surface area contributed by atoms with E-state index in [1.807, 2.05) is 0 Å². The van der Waals surface area contributed by atoms with Crippen molar-refractivity contribution in [3.63, 3.8) is 0 Å². The van der Waals surface area contributed by atoms with E-state index in [4.69, 9.17) is 28.8 Å². The monoisotopic (exact) mass is 502 g/mol. The molecule has 3 aliphatic rings. The lowest BCUT2D eigenvalue weighted by Crippen LogP contribution is -2.67. The Morgan fingerprint density at radius 2 is 1.47 bits per heavy atom. The Balaban J connectivity index is 1.68. The van der Waals surface area contributed by atoms with Crippen molar-refractivity contribution >= 4 is 5.97 Å². The van der Waals surface area contributed by atoms with Crippen LogP contribution in [0.4, 0.5) is 0 Å². The van der Waals surface area contributed by atoms with Gasteiger partial charge in [-0.15, -0.1) is 0 Å². The first kappa shape index (κ1) is 27.5. The summed E-state index contributed by atoms with van der Waals surface area (Å²) in [5, 5.41) is 99.4. The minimum absolute atomic E-state index is 0.756. The fraction of sp³-hybridized carbons (Fsp3) is 0.944. The van der Waals surface area contributed by atoms with Gasteiger partial charge in [-0.1, -0.05) is 0 Å². The van der Waals surface area contributed by atoms with E-state index in [1.54, 1.807) is 0 Å². The molecule has 0 spiro atoms. The number of aliphatic hydroxyl groups excluding tert-OH is 8. The van der Waals surface area contributed by atoms with Gasteiger partial charge in [0.1, 0.15) is 61.0 Å². The fourth-order valence-electron chi connectivity index (χ4n) is 3.92. The maximum Gasteiger partial charge on any atom is 0.367 e. The number of hydrogen-bond donors (Lipinski definition) is 10. The minimum Gasteiger partial charge on any atom is -0.477 e. The van der Waals surface area contributed by atoms with Crippen LogP contribution in [0, 0.1) is 0 Å². The zero-order valence-electron chi connectivity index (χ0n) is 17.8. The molecule has 0 amide bonds. The van der Waals surface area contributed by atoms with Crippen molar-refractivity contribution in [2.45, 2.75) is 92.4 Å². The second kappa shape index (κ2) is 10.5. The molecular weight excluding hydrogens is 472 g/mol. The number of carboxylic acid groups (broad SMARTS) is 1. The predicted octanol–water partition coefficient (Wildman–Crippen LogP) is -6.45. The van der Waals surface area contributed by atoms with Gasteiger partial charge in [0.2, 0.25) is 0 Å². The summed E-state index contributed by atoms with van der Waals surface area (Å²) >= 11 is 0. The molecule has 3 heterocycles. The van der Waals surface area contributed by atoms with E-state index in [-0.39, 0.29) is 0 Å². The van der Waals surface area contributed by atoms with Crippen molar-refractivity contribution in [3.8, 4) is 0 Å². The van der Waals surface area contributed by atoms with Gasteiger partial charge in [-0.3, -0.25) is 0 Å². The normalized spacial score (nSPS) is 52.4. The van der Waals surface area contributed by atoms with Crippen LogP contribution in [-0.2, 0) is 28.5 Å². The Morgan fingerprint density at radius 1 is 0.882 bits per heavy atom. The molecule has 16 heteroatoms. The summed E-state index contributed by atoms with van der Waals surface area (Å²) in [4.78, 5) is 11.1. The molecular formula is C18H30O16. The molecule has 10 N–H and O–H groups in total. The summed E-state index contributed by atoms with van der Waals surface area (Å²) in [5.74, 6) is -5.06. The Kier molecular flexibility index (Phi) is 8.48. The van der Waals surface area contributed by atoms with Crippen LogP contribution in [-0.4, -0.2) is 156 Å². The van der Waals surface area contributed by atoms with Crippen molar-refractivity contribution in [3.05, 3.63) is 0 Å². The van der Waals surface area contributed by atoms with Gasteiger partial charge in [-0.05, 0) is 6.92 Å². The maximum atomic E-state index is 11.1. The number of aliphatic hydroxyl groups is 9. The summed E-state index contributed by atoms with van der Waals surface area (Å²) in [5.41, 5.74) is 0. The summed E-state index contributed by atoms with van der Waals surface area (Å²) in [7, 11) is 0. The molecule has 0 aromatic rings. The third-order valence-electron chi connectivity index (χ3n) is 6.11. The van der Waals surface area contributed by atoms with Crippen LogP contribution >= 0.6 is 0 Å². The van der Waals surface area contributed by atoms with Gasteiger partial charge in [0.25, 0.3) is 5.79 Å². The second-order valence-electron chi connectivity index (χ2n) is 8.41. The molecule has 198 valence electrons. The SMILES string of the molecule is C[C@@H]1O[C@@H](O[C@H]2[C@H](O)[C@@H](O)[C@H](O[C@@H]3CO[C@](O)(C(=O)O)[C@@H](O)[C@H]3O)O[C@@H]2CO)[C@@H](O)[C@H](O)[C@@H]1O. The Morgan fingerprint density at radius 3 is 2.06 bits per heavy atom. The van der Waals surface area contributed by atoms with Gasteiger partial charge in [-0.25, -0.2) is 4.79 Å². The van der Waals surface area contributed by atoms with Crippen LogP contribution in [0.2, 0.25) is 0 Å². The molecule has 3 rings (SSSR count). The number of rotatable bonds is 6. The highest BCUT2D eigenvalue weighted by Gasteiger charge is 2.57. The van der Waals surface area contributed by atoms with Gasteiger partial charge in [-0.2, -0.15) is 0 Å². The average molecular weight is 502 g/mol. The molecule has 0 bridgehead atoms. The lowest BCUT2D eigenvalue weighted by atomic mass is 9.95. The third-order valence-corrected chi connectivity index (χ3v) is 6.11. The fourth-order valence-corrected chi connectivity index (χ4v) is 3.92. The van der Waals surface area contributed by atoms with Gasteiger partial charge in [0, 0.05) is 0 Å². The van der Waals surface area contributed by atoms with E-state index in [2.05, 4.69) is 0 Å². The van der Waals surface area contributed by atoms with E-state index in [9.17, 15) is 50.8 Å². The smallest absolute Gasteiger partial charge is 0.367 e. The quantitative estimate of drug-likeness (QED) is 0.162. The molecule has 0 unspecified atom stereocenters. The first-order chi connectivity index (χ1) is 15.8. The molecule has 0 radical (unpaired) electrons. The molecule has 0 saturated carbocycles. The van der Waals surface area contributed by atoms with Crippen LogP contribution in [0.15, 0.2) is 0 Å². The van der Waals surface area contributed by atoms with Crippen LogP contribution < -0.4 is 0 Å².